The molecule has 0 heterocycles. The van der Waals surface area contributed by atoms with Crippen molar-refractivity contribution in [2.24, 2.45) is 22.9 Å². The third-order valence-electron chi connectivity index (χ3n) is 3.03. The average Bonchev–Trinajstić information content (AvgIpc) is 2.53. The number of rotatable bonds is 12. The summed E-state index contributed by atoms with van der Waals surface area (Å²) in [7, 11) is -5.02. The Kier molecular flexibility index (Phi) is 11.0. The van der Waals surface area contributed by atoms with Gasteiger partial charge in [0.1, 0.15) is 12.1 Å². The first kappa shape index (κ1) is 24.6. The van der Waals surface area contributed by atoms with Crippen molar-refractivity contribution in [3.63, 3.8) is 0 Å². The molecule has 15 heteroatoms. The minimum absolute atomic E-state index is 0.0791. The molecule has 0 aliphatic rings. The van der Waals surface area contributed by atoms with Gasteiger partial charge in [-0.1, -0.05) is 0 Å². The van der Waals surface area contributed by atoms with E-state index in [1.165, 1.54) is 0 Å². The quantitative estimate of drug-likeness (QED) is 0.0691. The summed E-state index contributed by atoms with van der Waals surface area (Å²) in [6.07, 6.45) is 0.834. The van der Waals surface area contributed by atoms with Crippen LogP contribution in [0.3, 0.4) is 0 Å². The first-order valence-corrected chi connectivity index (χ1v) is 9.40. The normalized spacial score (nSPS) is 14.9. The van der Waals surface area contributed by atoms with Crippen molar-refractivity contribution in [2.75, 3.05) is 13.1 Å². The number of carbonyl (C=O) groups is 2. The van der Waals surface area contributed by atoms with Crippen molar-refractivity contribution in [3.8, 4) is 0 Å². The van der Waals surface area contributed by atoms with Gasteiger partial charge in [0.05, 0.1) is 0 Å². The van der Waals surface area contributed by atoms with Crippen LogP contribution in [0.4, 0.5) is 0 Å². The Balaban J connectivity index is 4.29. The van der Waals surface area contributed by atoms with E-state index in [2.05, 4.69) is 19.7 Å². The van der Waals surface area contributed by atoms with Crippen LogP contribution in [-0.2, 0) is 23.2 Å². The smallest absolute Gasteiger partial charge is 0.370 e. The molecule has 0 aliphatic carbocycles. The number of nitrogens with two attached hydrogens (primary N) is 4. The summed E-state index contributed by atoms with van der Waals surface area (Å²) in [4.78, 5) is 32.9. The van der Waals surface area contributed by atoms with E-state index in [9.17, 15) is 19.0 Å². The second-order valence-corrected chi connectivity index (χ2v) is 6.77. The highest BCUT2D eigenvalue weighted by Crippen LogP contribution is 2.44. The average molecular weight is 410 g/mol. The van der Waals surface area contributed by atoms with Gasteiger partial charge in [-0.2, -0.15) is 0 Å². The van der Waals surface area contributed by atoms with Gasteiger partial charge in [-0.05, 0) is 25.7 Å². The number of guanidine groups is 2. The topological polar surface area (TPSA) is 266 Å². The van der Waals surface area contributed by atoms with Gasteiger partial charge in [-0.3, -0.25) is 15.7 Å². The molecule has 0 saturated heterocycles. The molecule has 0 rings (SSSR count). The molecule has 0 spiro atoms. The van der Waals surface area contributed by atoms with Crippen molar-refractivity contribution >= 4 is 31.7 Å². The van der Waals surface area contributed by atoms with E-state index < -0.39 is 31.8 Å². The van der Waals surface area contributed by atoms with E-state index in [4.69, 9.17) is 33.8 Å². The fourth-order valence-corrected chi connectivity index (χ4v) is 2.47. The van der Waals surface area contributed by atoms with Crippen LogP contribution in [0.2, 0.25) is 0 Å². The van der Waals surface area contributed by atoms with E-state index in [1.54, 1.807) is 0 Å². The standard InChI is InChI=1S/C12H27N8O6P/c13-7(3-1-5-19-11(15)16)9(21)25-27(23,24)26-10(22)8(14)4-2-6-20-12(17)18/h7-8H,1-6,13-14H2,(H,23,24)(H4,15,16,19)(H4,17,18,20)/t7-,8-/m0/s1. The van der Waals surface area contributed by atoms with Crippen molar-refractivity contribution in [3.05, 3.63) is 0 Å². The number of phosphoric ester groups is 1. The van der Waals surface area contributed by atoms with Crippen molar-refractivity contribution in [1.82, 2.24) is 10.6 Å². The molecule has 0 aromatic heterocycles. The lowest BCUT2D eigenvalue weighted by atomic mass is 10.2. The molecule has 0 saturated carbocycles. The minimum Gasteiger partial charge on any atom is -0.370 e. The Hall–Kier alpha value is -2.41. The summed E-state index contributed by atoms with van der Waals surface area (Å²) in [5, 5.41) is 18.9. The highest BCUT2D eigenvalue weighted by molar-refractivity contribution is 7.48. The Labute approximate surface area is 155 Å². The third kappa shape index (κ3) is 12.6. The molecule has 27 heavy (non-hydrogen) atoms. The van der Waals surface area contributed by atoms with E-state index in [1.807, 2.05) is 0 Å². The third-order valence-corrected chi connectivity index (χ3v) is 3.85. The second-order valence-electron chi connectivity index (χ2n) is 5.47. The van der Waals surface area contributed by atoms with Crippen LogP contribution in [0.15, 0.2) is 0 Å². The summed E-state index contributed by atoms with van der Waals surface area (Å²) in [6, 6.07) is -2.46. The Morgan fingerprint density at radius 2 is 1.26 bits per heavy atom. The monoisotopic (exact) mass is 410 g/mol. The number of hydrogen-bond acceptors (Lipinski definition) is 9. The van der Waals surface area contributed by atoms with Gasteiger partial charge in [0.2, 0.25) is 0 Å². The zero-order chi connectivity index (χ0) is 21.0. The van der Waals surface area contributed by atoms with E-state index in [-0.39, 0.29) is 37.9 Å². The molecule has 2 atom stereocenters. The van der Waals surface area contributed by atoms with E-state index in [0.717, 1.165) is 0 Å². The molecule has 156 valence electrons. The zero-order valence-electron chi connectivity index (χ0n) is 14.6. The minimum atomic E-state index is -5.02. The number of phosphoric acid groups is 1. The molecule has 14 nitrogen and oxygen atoms in total. The lowest BCUT2D eigenvalue weighted by Crippen LogP contribution is -2.36. The first-order valence-electron chi connectivity index (χ1n) is 7.91. The van der Waals surface area contributed by atoms with Crippen LogP contribution in [-0.4, -0.2) is 53.9 Å². The van der Waals surface area contributed by atoms with Crippen molar-refractivity contribution in [2.45, 2.75) is 37.8 Å². The molecule has 0 aromatic rings. The first-order chi connectivity index (χ1) is 12.4. The molecule has 0 aromatic carbocycles. The van der Waals surface area contributed by atoms with Gasteiger partial charge in [0.25, 0.3) is 0 Å². The lowest BCUT2D eigenvalue weighted by molar-refractivity contribution is -0.142. The number of carbonyl (C=O) groups excluding carboxylic acids is 2. The Morgan fingerprint density at radius 3 is 1.56 bits per heavy atom. The van der Waals surface area contributed by atoms with Crippen molar-refractivity contribution < 1.29 is 28.1 Å². The summed E-state index contributed by atoms with van der Waals surface area (Å²) in [5.74, 6) is -2.94. The number of hydrogen-bond donors (Lipinski definition) is 9. The van der Waals surface area contributed by atoms with Gasteiger partial charge >= 0.3 is 19.8 Å². The predicted octanol–water partition coefficient (Wildman–Crippen LogP) is -2.65. The molecular weight excluding hydrogens is 383 g/mol. The highest BCUT2D eigenvalue weighted by Gasteiger charge is 2.34. The molecule has 0 fully saturated rings. The van der Waals surface area contributed by atoms with Crippen LogP contribution in [0.1, 0.15) is 25.7 Å². The lowest BCUT2D eigenvalue weighted by Gasteiger charge is -2.17. The Morgan fingerprint density at radius 1 is 0.926 bits per heavy atom. The molecule has 0 radical (unpaired) electrons. The fourth-order valence-electron chi connectivity index (χ4n) is 1.71. The van der Waals surface area contributed by atoms with Gasteiger partial charge in [0, 0.05) is 13.1 Å². The van der Waals surface area contributed by atoms with Gasteiger partial charge in [0.15, 0.2) is 11.9 Å². The van der Waals surface area contributed by atoms with Gasteiger partial charge in [-0.25, -0.2) is 14.2 Å². The molecule has 0 bridgehead atoms. The summed E-state index contributed by atoms with van der Waals surface area (Å²) in [6.45, 7) is 0.546. The fraction of sp³-hybridized carbons (Fsp3) is 0.667. The van der Waals surface area contributed by atoms with Crippen molar-refractivity contribution in [1.29, 1.82) is 10.8 Å². The largest absolute Gasteiger partial charge is 0.589 e. The van der Waals surface area contributed by atoms with Gasteiger partial charge < -0.3 is 42.6 Å². The maximum absolute atomic E-state index is 11.7. The SMILES string of the molecule is N=C(N)NCCC[C@H](N)C(=O)OP(=O)(O)OC(=O)[C@@H](N)CCCNC(=N)N. The molecular formula is C12H27N8O6P. The maximum atomic E-state index is 11.7. The summed E-state index contributed by atoms with van der Waals surface area (Å²) in [5.41, 5.74) is 21.2. The highest BCUT2D eigenvalue weighted by atomic mass is 31.2. The maximum Gasteiger partial charge on any atom is 0.589 e. The van der Waals surface area contributed by atoms with Crippen LogP contribution in [0.5, 0.6) is 0 Å². The molecule has 0 unspecified atom stereocenters. The predicted molar refractivity (Wildman–Crippen MR) is 96.3 cm³/mol. The summed E-state index contributed by atoms with van der Waals surface area (Å²) >= 11 is 0. The van der Waals surface area contributed by atoms with Crippen LogP contribution >= 0.6 is 7.82 Å². The zero-order valence-corrected chi connectivity index (χ0v) is 15.5. The molecule has 0 amide bonds. The van der Waals surface area contributed by atoms with Gasteiger partial charge in [-0.15, -0.1) is 0 Å². The van der Waals surface area contributed by atoms with Crippen LogP contribution in [0.25, 0.3) is 0 Å². The summed E-state index contributed by atoms with van der Waals surface area (Å²) < 4.78 is 20.2. The Bertz CT molecular complexity index is 542. The van der Waals surface area contributed by atoms with E-state index in [0.29, 0.717) is 12.8 Å². The second kappa shape index (κ2) is 12.1. The van der Waals surface area contributed by atoms with Crippen LogP contribution < -0.4 is 33.6 Å². The van der Waals surface area contributed by atoms with Crippen LogP contribution in [0, 0.1) is 10.8 Å². The van der Waals surface area contributed by atoms with E-state index >= 15 is 0 Å². The number of nitrogens with one attached hydrogen (secondary N) is 4. The molecule has 13 N–H and O–H groups in total. The molecule has 0 aliphatic heterocycles.